The van der Waals surface area contributed by atoms with E-state index in [2.05, 4.69) is 0 Å². The number of carbonyl (C=O) groups is 1. The van der Waals surface area contributed by atoms with Gasteiger partial charge in [-0.25, -0.2) is 0 Å². The first-order valence-electron chi connectivity index (χ1n) is 8.59. The van der Waals surface area contributed by atoms with Gasteiger partial charge in [0.05, 0.1) is 6.10 Å². The lowest BCUT2D eigenvalue weighted by Gasteiger charge is -2.21. The van der Waals surface area contributed by atoms with E-state index in [1.807, 2.05) is 0 Å². The fraction of sp³-hybridized carbons (Fsp3) is 0.941. The van der Waals surface area contributed by atoms with Crippen LogP contribution in [0.5, 0.6) is 0 Å². The zero-order chi connectivity index (χ0) is 15.3. The Morgan fingerprint density at radius 1 is 0.952 bits per heavy atom. The highest BCUT2D eigenvalue weighted by molar-refractivity contribution is 6.45. The van der Waals surface area contributed by atoms with E-state index in [0.717, 1.165) is 32.2 Å². The molecular formula is C17H30Cl2O2. The minimum atomic E-state index is -0.556. The van der Waals surface area contributed by atoms with Crippen molar-refractivity contribution in [1.29, 1.82) is 0 Å². The quantitative estimate of drug-likeness (QED) is 0.260. The predicted octanol–water partition coefficient (Wildman–Crippen LogP) is 5.69. The molecule has 21 heavy (non-hydrogen) atoms. The lowest BCUT2D eigenvalue weighted by Crippen LogP contribution is -2.17. The Bertz CT molecular complexity index is 253. The van der Waals surface area contributed by atoms with Crippen molar-refractivity contribution in [2.45, 2.75) is 88.0 Å². The van der Waals surface area contributed by atoms with Gasteiger partial charge in [-0.05, 0) is 25.7 Å². The Balaban J connectivity index is 1.83. The molecule has 0 saturated heterocycles. The number of hydrogen-bond donors (Lipinski definition) is 0. The average Bonchev–Trinajstić information content (AvgIpc) is 2.50. The number of rotatable bonds is 12. The minimum absolute atomic E-state index is 0.197. The van der Waals surface area contributed by atoms with Crippen molar-refractivity contribution in [3.63, 3.8) is 0 Å². The number of hydrogen-bond acceptors (Lipinski definition) is 2. The molecule has 0 aromatic heterocycles. The molecule has 1 aliphatic carbocycles. The third-order valence-electron chi connectivity index (χ3n) is 4.34. The lowest BCUT2D eigenvalue weighted by atomic mass is 9.98. The lowest BCUT2D eigenvalue weighted by molar-refractivity contribution is -0.110. The fourth-order valence-corrected chi connectivity index (χ4v) is 3.30. The Morgan fingerprint density at radius 2 is 1.57 bits per heavy atom. The SMILES string of the molecule is O=CC(CCCCCCCCOC1CCCCC1)C(Cl)Cl. The van der Waals surface area contributed by atoms with Gasteiger partial charge in [-0.15, -0.1) is 23.2 Å². The molecule has 2 nitrogen and oxygen atoms in total. The van der Waals surface area contributed by atoms with Crippen LogP contribution in [0, 0.1) is 5.92 Å². The van der Waals surface area contributed by atoms with Crippen LogP contribution in [0.3, 0.4) is 0 Å². The van der Waals surface area contributed by atoms with E-state index in [0.29, 0.717) is 6.10 Å². The summed E-state index contributed by atoms with van der Waals surface area (Å²) in [6.07, 6.45) is 15.9. The molecule has 1 fully saturated rings. The van der Waals surface area contributed by atoms with Crippen LogP contribution in [0.2, 0.25) is 0 Å². The second-order valence-electron chi connectivity index (χ2n) is 6.18. The highest BCUT2D eigenvalue weighted by Gasteiger charge is 2.15. The second kappa shape index (κ2) is 12.7. The Hall–Kier alpha value is 0.210. The van der Waals surface area contributed by atoms with Gasteiger partial charge in [0.15, 0.2) is 0 Å². The number of ether oxygens (including phenoxy) is 1. The number of alkyl halides is 2. The van der Waals surface area contributed by atoms with E-state index in [-0.39, 0.29) is 5.92 Å². The molecule has 1 atom stereocenters. The molecule has 0 bridgehead atoms. The fourth-order valence-electron chi connectivity index (χ4n) is 2.92. The third-order valence-corrected chi connectivity index (χ3v) is 4.98. The first-order chi connectivity index (χ1) is 10.2. The summed E-state index contributed by atoms with van der Waals surface area (Å²) in [4.78, 5) is 10.2. The first-order valence-corrected chi connectivity index (χ1v) is 9.46. The molecule has 0 spiro atoms. The zero-order valence-electron chi connectivity index (χ0n) is 13.1. The van der Waals surface area contributed by atoms with Gasteiger partial charge in [0.1, 0.15) is 11.1 Å². The summed E-state index contributed by atoms with van der Waals surface area (Å²) in [5.74, 6) is -0.197. The molecule has 124 valence electrons. The summed E-state index contributed by atoms with van der Waals surface area (Å²) in [7, 11) is 0. The molecule has 1 rings (SSSR count). The average molecular weight is 337 g/mol. The molecule has 1 unspecified atom stereocenters. The van der Waals surface area contributed by atoms with E-state index in [1.165, 1.54) is 57.8 Å². The molecule has 0 N–H and O–H groups in total. The van der Waals surface area contributed by atoms with Gasteiger partial charge in [0.2, 0.25) is 0 Å². The highest BCUT2D eigenvalue weighted by atomic mass is 35.5. The van der Waals surface area contributed by atoms with Gasteiger partial charge >= 0.3 is 0 Å². The minimum Gasteiger partial charge on any atom is -0.378 e. The number of carbonyl (C=O) groups excluding carboxylic acids is 1. The Morgan fingerprint density at radius 3 is 2.19 bits per heavy atom. The summed E-state index contributed by atoms with van der Waals surface area (Å²) >= 11 is 11.5. The maximum Gasteiger partial charge on any atom is 0.125 e. The molecule has 0 aromatic rings. The van der Waals surface area contributed by atoms with E-state index in [1.54, 1.807) is 0 Å². The Labute approximate surface area is 139 Å². The largest absolute Gasteiger partial charge is 0.378 e. The predicted molar refractivity (Wildman–Crippen MR) is 90.2 cm³/mol. The number of aldehydes is 1. The van der Waals surface area contributed by atoms with Crippen LogP contribution in [0.25, 0.3) is 0 Å². The standard InChI is InChI=1S/C17H30Cl2O2/c18-17(19)15(14-20)10-6-3-1-2-4-9-13-21-16-11-7-5-8-12-16/h14-17H,1-13H2. The van der Waals surface area contributed by atoms with Gasteiger partial charge in [0.25, 0.3) is 0 Å². The molecule has 1 saturated carbocycles. The number of halogens is 2. The molecule has 4 heteroatoms. The van der Waals surface area contributed by atoms with Gasteiger partial charge in [-0.2, -0.15) is 0 Å². The van der Waals surface area contributed by atoms with Crippen molar-refractivity contribution in [2.75, 3.05) is 6.61 Å². The third kappa shape index (κ3) is 9.76. The molecule has 0 aromatic carbocycles. The molecular weight excluding hydrogens is 307 g/mol. The molecule has 0 aliphatic heterocycles. The maximum atomic E-state index is 10.7. The van der Waals surface area contributed by atoms with Crippen molar-refractivity contribution in [3.05, 3.63) is 0 Å². The Kier molecular flexibility index (Phi) is 11.7. The van der Waals surface area contributed by atoms with Crippen LogP contribution in [0.1, 0.15) is 77.0 Å². The van der Waals surface area contributed by atoms with Crippen LogP contribution >= 0.6 is 23.2 Å². The molecule has 0 radical (unpaired) electrons. The van der Waals surface area contributed by atoms with Crippen molar-refractivity contribution in [3.8, 4) is 0 Å². The van der Waals surface area contributed by atoms with Gasteiger partial charge in [-0.3, -0.25) is 0 Å². The second-order valence-corrected chi connectivity index (χ2v) is 7.34. The summed E-state index contributed by atoms with van der Waals surface area (Å²) in [6, 6.07) is 0. The number of unbranched alkanes of at least 4 members (excludes halogenated alkanes) is 5. The first kappa shape index (κ1) is 19.3. The van der Waals surface area contributed by atoms with Crippen LogP contribution in [-0.4, -0.2) is 23.8 Å². The maximum absolute atomic E-state index is 10.7. The van der Waals surface area contributed by atoms with Gasteiger partial charge in [-0.1, -0.05) is 51.4 Å². The van der Waals surface area contributed by atoms with E-state index in [4.69, 9.17) is 27.9 Å². The summed E-state index contributed by atoms with van der Waals surface area (Å²) < 4.78 is 5.91. The topological polar surface area (TPSA) is 26.3 Å². The zero-order valence-corrected chi connectivity index (χ0v) is 14.6. The van der Waals surface area contributed by atoms with Gasteiger partial charge < -0.3 is 9.53 Å². The summed E-state index contributed by atoms with van der Waals surface area (Å²) in [6.45, 7) is 0.929. The van der Waals surface area contributed by atoms with Crippen LogP contribution in [0.15, 0.2) is 0 Å². The molecule has 0 heterocycles. The van der Waals surface area contributed by atoms with E-state index >= 15 is 0 Å². The van der Waals surface area contributed by atoms with Crippen molar-refractivity contribution in [2.24, 2.45) is 5.92 Å². The molecule has 0 amide bonds. The summed E-state index contributed by atoms with van der Waals surface area (Å²) in [5.41, 5.74) is 0. The van der Waals surface area contributed by atoms with E-state index in [9.17, 15) is 4.79 Å². The van der Waals surface area contributed by atoms with Crippen molar-refractivity contribution in [1.82, 2.24) is 0 Å². The van der Waals surface area contributed by atoms with Crippen molar-refractivity contribution < 1.29 is 9.53 Å². The summed E-state index contributed by atoms with van der Waals surface area (Å²) in [5, 5.41) is 0. The normalized spacial score (nSPS) is 18.0. The van der Waals surface area contributed by atoms with Crippen LogP contribution < -0.4 is 0 Å². The van der Waals surface area contributed by atoms with Gasteiger partial charge in [0, 0.05) is 12.5 Å². The van der Waals surface area contributed by atoms with Crippen LogP contribution in [-0.2, 0) is 9.53 Å². The smallest absolute Gasteiger partial charge is 0.125 e. The van der Waals surface area contributed by atoms with Crippen LogP contribution in [0.4, 0.5) is 0 Å². The highest BCUT2D eigenvalue weighted by Crippen LogP contribution is 2.21. The molecule has 1 aliphatic rings. The monoisotopic (exact) mass is 336 g/mol. The van der Waals surface area contributed by atoms with E-state index < -0.39 is 4.84 Å². The van der Waals surface area contributed by atoms with Crippen molar-refractivity contribution >= 4 is 29.5 Å².